The van der Waals surface area contributed by atoms with Gasteiger partial charge in [-0.25, -0.2) is 4.39 Å². The van der Waals surface area contributed by atoms with Crippen molar-refractivity contribution in [1.29, 1.82) is 0 Å². The summed E-state index contributed by atoms with van der Waals surface area (Å²) in [5.74, 6) is -0.347. The number of halogens is 1. The van der Waals surface area contributed by atoms with E-state index < -0.39 is 0 Å². The molecule has 0 bridgehead atoms. The maximum Gasteiger partial charge on any atom is 0.220 e. The van der Waals surface area contributed by atoms with Gasteiger partial charge in [0.2, 0.25) is 5.91 Å². The van der Waals surface area contributed by atoms with Crippen LogP contribution in [0.5, 0.6) is 0 Å². The number of para-hydroxylation sites is 1. The highest BCUT2D eigenvalue weighted by molar-refractivity contribution is 5.86. The molecule has 1 atom stereocenters. The molecule has 0 fully saturated rings. The molecule has 1 amide bonds. The first-order chi connectivity index (χ1) is 13.2. The van der Waals surface area contributed by atoms with E-state index in [9.17, 15) is 9.18 Å². The Hall–Kier alpha value is -2.62. The molecule has 0 radical (unpaired) electrons. The predicted octanol–water partition coefficient (Wildman–Crippen LogP) is 5.53. The third kappa shape index (κ3) is 4.97. The van der Waals surface area contributed by atoms with Crippen LogP contribution in [0.3, 0.4) is 0 Å². The summed E-state index contributed by atoms with van der Waals surface area (Å²) in [5.41, 5.74) is 3.06. The Morgan fingerprint density at radius 1 is 1.07 bits per heavy atom. The van der Waals surface area contributed by atoms with E-state index in [0.29, 0.717) is 13.0 Å². The predicted molar refractivity (Wildman–Crippen MR) is 108 cm³/mol. The maximum absolute atomic E-state index is 13.4. The van der Waals surface area contributed by atoms with Crippen LogP contribution in [0.4, 0.5) is 4.39 Å². The standard InChI is InChI=1S/C23H27FN2O/c1-2-3-4-7-14-25-23(27)15-20(17-10-12-18(24)13-11-17)21-16-26-22-9-6-5-8-19(21)22/h5-6,8-13,16,20,26H,2-4,7,14-15H2,1H3,(H,25,27). The van der Waals surface area contributed by atoms with Crippen LogP contribution in [0.15, 0.2) is 54.7 Å². The quantitative estimate of drug-likeness (QED) is 0.481. The molecule has 0 aliphatic carbocycles. The van der Waals surface area contributed by atoms with Crippen molar-refractivity contribution in [1.82, 2.24) is 10.3 Å². The SMILES string of the molecule is CCCCCCNC(=O)CC(c1ccc(F)cc1)c1c[nH]c2ccccc12. The number of rotatable bonds is 9. The van der Waals surface area contributed by atoms with Gasteiger partial charge in [0.15, 0.2) is 0 Å². The van der Waals surface area contributed by atoms with Crippen LogP contribution in [0, 0.1) is 5.82 Å². The van der Waals surface area contributed by atoms with Gasteiger partial charge in [-0.2, -0.15) is 0 Å². The molecule has 27 heavy (non-hydrogen) atoms. The molecular weight excluding hydrogens is 339 g/mol. The summed E-state index contributed by atoms with van der Waals surface area (Å²) in [5, 5.41) is 4.14. The molecule has 3 nitrogen and oxygen atoms in total. The minimum atomic E-state index is -0.267. The molecule has 0 spiro atoms. The van der Waals surface area contributed by atoms with E-state index in [1.54, 1.807) is 12.1 Å². The molecule has 1 aromatic heterocycles. The fourth-order valence-electron chi connectivity index (χ4n) is 3.52. The zero-order valence-corrected chi connectivity index (χ0v) is 15.8. The second-order valence-corrected chi connectivity index (χ2v) is 7.01. The molecule has 3 rings (SSSR count). The van der Waals surface area contributed by atoms with Crippen LogP contribution < -0.4 is 5.32 Å². The van der Waals surface area contributed by atoms with Crippen molar-refractivity contribution < 1.29 is 9.18 Å². The zero-order valence-electron chi connectivity index (χ0n) is 15.8. The lowest BCUT2D eigenvalue weighted by Crippen LogP contribution is -2.26. The lowest BCUT2D eigenvalue weighted by atomic mass is 9.88. The summed E-state index contributed by atoms with van der Waals surface area (Å²) >= 11 is 0. The second-order valence-electron chi connectivity index (χ2n) is 7.01. The van der Waals surface area contributed by atoms with Crippen LogP contribution in [0.2, 0.25) is 0 Å². The van der Waals surface area contributed by atoms with E-state index in [4.69, 9.17) is 0 Å². The van der Waals surface area contributed by atoms with Crippen molar-refractivity contribution >= 4 is 16.8 Å². The first-order valence-corrected chi connectivity index (χ1v) is 9.77. The average Bonchev–Trinajstić information content (AvgIpc) is 3.11. The molecule has 0 saturated carbocycles. The number of H-pyrrole nitrogens is 1. The number of amides is 1. The molecule has 2 N–H and O–H groups in total. The van der Waals surface area contributed by atoms with Crippen molar-refractivity contribution in [3.63, 3.8) is 0 Å². The normalized spacial score (nSPS) is 12.2. The first kappa shape index (κ1) is 19.2. The zero-order chi connectivity index (χ0) is 19.1. The fourth-order valence-corrected chi connectivity index (χ4v) is 3.52. The van der Waals surface area contributed by atoms with Gasteiger partial charge in [-0.1, -0.05) is 56.5 Å². The number of nitrogens with one attached hydrogen (secondary N) is 2. The lowest BCUT2D eigenvalue weighted by molar-refractivity contribution is -0.121. The van der Waals surface area contributed by atoms with Gasteiger partial charge in [0, 0.05) is 36.0 Å². The Morgan fingerprint density at radius 3 is 2.63 bits per heavy atom. The van der Waals surface area contributed by atoms with Crippen molar-refractivity contribution in [2.24, 2.45) is 0 Å². The van der Waals surface area contributed by atoms with Gasteiger partial charge in [0.05, 0.1) is 0 Å². The van der Waals surface area contributed by atoms with Gasteiger partial charge in [0.25, 0.3) is 0 Å². The van der Waals surface area contributed by atoms with Crippen molar-refractivity contribution in [3.05, 3.63) is 71.7 Å². The Kier molecular flexibility index (Phi) is 6.64. The summed E-state index contributed by atoms with van der Waals surface area (Å²) < 4.78 is 13.4. The number of carbonyl (C=O) groups excluding carboxylic acids is 1. The highest BCUT2D eigenvalue weighted by atomic mass is 19.1. The van der Waals surface area contributed by atoms with Crippen LogP contribution in [-0.4, -0.2) is 17.4 Å². The third-order valence-electron chi connectivity index (χ3n) is 5.01. The highest BCUT2D eigenvalue weighted by Gasteiger charge is 2.21. The summed E-state index contributed by atoms with van der Waals surface area (Å²) in [6, 6.07) is 14.5. The van der Waals surface area contributed by atoms with Crippen LogP contribution in [-0.2, 0) is 4.79 Å². The number of aromatic amines is 1. The largest absolute Gasteiger partial charge is 0.361 e. The Bertz CT molecular complexity index is 869. The summed E-state index contributed by atoms with van der Waals surface area (Å²) in [6.07, 6.45) is 6.84. The summed E-state index contributed by atoms with van der Waals surface area (Å²) in [7, 11) is 0. The molecule has 1 unspecified atom stereocenters. The van der Waals surface area contributed by atoms with Gasteiger partial charge in [-0.05, 0) is 35.7 Å². The topological polar surface area (TPSA) is 44.9 Å². The highest BCUT2D eigenvalue weighted by Crippen LogP contribution is 2.33. The van der Waals surface area contributed by atoms with Crippen molar-refractivity contribution in [3.8, 4) is 0 Å². The Balaban J connectivity index is 1.78. The van der Waals surface area contributed by atoms with Crippen molar-refractivity contribution in [2.45, 2.75) is 44.9 Å². The van der Waals surface area contributed by atoms with E-state index in [1.165, 1.54) is 25.0 Å². The lowest BCUT2D eigenvalue weighted by Gasteiger charge is -2.17. The van der Waals surface area contributed by atoms with Crippen LogP contribution >= 0.6 is 0 Å². The van der Waals surface area contributed by atoms with Crippen LogP contribution in [0.1, 0.15) is 56.1 Å². The van der Waals surface area contributed by atoms with E-state index in [2.05, 4.69) is 23.3 Å². The first-order valence-electron chi connectivity index (χ1n) is 9.77. The molecule has 4 heteroatoms. The molecule has 0 aliphatic heterocycles. The minimum Gasteiger partial charge on any atom is -0.361 e. The fraction of sp³-hybridized carbons (Fsp3) is 0.348. The third-order valence-corrected chi connectivity index (χ3v) is 5.01. The van der Waals surface area contributed by atoms with E-state index in [-0.39, 0.29) is 17.6 Å². The smallest absolute Gasteiger partial charge is 0.220 e. The van der Waals surface area contributed by atoms with Gasteiger partial charge in [0.1, 0.15) is 5.82 Å². The summed E-state index contributed by atoms with van der Waals surface area (Å²) in [6.45, 7) is 2.88. The molecule has 0 saturated heterocycles. The molecule has 0 aliphatic rings. The van der Waals surface area contributed by atoms with E-state index >= 15 is 0 Å². The molecule has 142 valence electrons. The molecule has 3 aromatic rings. The molecule has 1 heterocycles. The molecule has 2 aromatic carbocycles. The molecular formula is C23H27FN2O. The number of unbranched alkanes of at least 4 members (excludes halogenated alkanes) is 3. The van der Waals surface area contributed by atoms with Crippen LogP contribution in [0.25, 0.3) is 10.9 Å². The Labute approximate surface area is 160 Å². The number of hydrogen-bond donors (Lipinski definition) is 2. The monoisotopic (exact) mass is 366 g/mol. The van der Waals surface area contributed by atoms with Crippen molar-refractivity contribution in [2.75, 3.05) is 6.54 Å². The number of hydrogen-bond acceptors (Lipinski definition) is 1. The van der Waals surface area contributed by atoms with Gasteiger partial charge >= 0.3 is 0 Å². The number of aromatic nitrogens is 1. The maximum atomic E-state index is 13.4. The Morgan fingerprint density at radius 2 is 1.85 bits per heavy atom. The minimum absolute atomic E-state index is 0.0334. The number of carbonyl (C=O) groups is 1. The van der Waals surface area contributed by atoms with Gasteiger partial charge in [-0.15, -0.1) is 0 Å². The van der Waals surface area contributed by atoms with E-state index in [0.717, 1.165) is 34.9 Å². The average molecular weight is 366 g/mol. The summed E-state index contributed by atoms with van der Waals surface area (Å²) in [4.78, 5) is 15.8. The second kappa shape index (κ2) is 9.36. The van der Waals surface area contributed by atoms with Gasteiger partial charge < -0.3 is 10.3 Å². The van der Waals surface area contributed by atoms with Gasteiger partial charge in [-0.3, -0.25) is 4.79 Å². The number of fused-ring (bicyclic) bond motifs is 1. The van der Waals surface area contributed by atoms with E-state index in [1.807, 2.05) is 24.4 Å². The number of benzene rings is 2.